The van der Waals surface area contributed by atoms with E-state index in [0.29, 0.717) is 38.3 Å². The number of carbonyl (C=O) groups is 2. The van der Waals surface area contributed by atoms with Crippen molar-refractivity contribution in [3.8, 4) is 0 Å². The van der Waals surface area contributed by atoms with Gasteiger partial charge < -0.3 is 14.6 Å². The first-order valence-corrected chi connectivity index (χ1v) is 10.5. The highest BCUT2D eigenvalue weighted by atomic mass is 16.3. The summed E-state index contributed by atoms with van der Waals surface area (Å²) in [6, 6.07) is 22.9. The Kier molecular flexibility index (Phi) is 5.14. The highest BCUT2D eigenvalue weighted by Gasteiger charge is 2.23. The first kappa shape index (κ1) is 19.3. The van der Waals surface area contributed by atoms with Crippen LogP contribution in [0.1, 0.15) is 10.4 Å². The molecule has 31 heavy (non-hydrogen) atoms. The molecule has 0 saturated carbocycles. The Labute approximate surface area is 180 Å². The van der Waals surface area contributed by atoms with Crippen LogP contribution in [-0.4, -0.2) is 54.3 Å². The minimum absolute atomic E-state index is 0.0466. The molecule has 0 aliphatic carbocycles. The molecule has 4 aromatic rings. The van der Waals surface area contributed by atoms with Crippen LogP contribution in [0, 0.1) is 0 Å². The predicted molar refractivity (Wildman–Crippen MR) is 121 cm³/mol. The van der Waals surface area contributed by atoms with Crippen molar-refractivity contribution in [2.75, 3.05) is 38.0 Å². The number of para-hydroxylation sites is 1. The summed E-state index contributed by atoms with van der Waals surface area (Å²) in [5.74, 6) is -0.0136. The molecule has 1 aromatic heterocycles. The zero-order valence-electron chi connectivity index (χ0n) is 17.1. The van der Waals surface area contributed by atoms with Crippen molar-refractivity contribution in [3.63, 3.8) is 0 Å². The summed E-state index contributed by atoms with van der Waals surface area (Å²) in [4.78, 5) is 29.1. The van der Waals surface area contributed by atoms with Crippen LogP contribution in [0.3, 0.4) is 0 Å². The van der Waals surface area contributed by atoms with Crippen LogP contribution in [0.5, 0.6) is 0 Å². The number of hydrogen-bond donors (Lipinski definition) is 1. The molecular weight excluding hydrogens is 390 g/mol. The fraction of sp³-hybridized carbons (Fsp3) is 0.200. The van der Waals surface area contributed by atoms with E-state index < -0.39 is 0 Å². The molecule has 1 aliphatic heterocycles. The number of furan rings is 1. The monoisotopic (exact) mass is 413 g/mol. The molecule has 0 spiro atoms. The summed E-state index contributed by atoms with van der Waals surface area (Å²) < 4.78 is 5.84. The Morgan fingerprint density at radius 2 is 1.52 bits per heavy atom. The maximum Gasteiger partial charge on any atom is 0.253 e. The van der Waals surface area contributed by atoms with E-state index in [1.54, 1.807) is 0 Å². The van der Waals surface area contributed by atoms with E-state index in [9.17, 15) is 9.59 Å². The van der Waals surface area contributed by atoms with Gasteiger partial charge in [0.2, 0.25) is 5.91 Å². The summed E-state index contributed by atoms with van der Waals surface area (Å²) in [7, 11) is 0. The van der Waals surface area contributed by atoms with Gasteiger partial charge in [-0.15, -0.1) is 0 Å². The molecule has 0 bridgehead atoms. The van der Waals surface area contributed by atoms with Gasteiger partial charge in [-0.2, -0.15) is 0 Å². The zero-order valence-corrected chi connectivity index (χ0v) is 17.1. The van der Waals surface area contributed by atoms with E-state index in [1.165, 1.54) is 0 Å². The van der Waals surface area contributed by atoms with Crippen LogP contribution >= 0.6 is 0 Å². The predicted octanol–water partition coefficient (Wildman–Crippen LogP) is 3.98. The normalized spacial score (nSPS) is 14.8. The second-order valence-electron chi connectivity index (χ2n) is 7.79. The van der Waals surface area contributed by atoms with Crippen molar-refractivity contribution in [2.24, 2.45) is 0 Å². The highest BCUT2D eigenvalue weighted by molar-refractivity contribution is 6.07. The molecule has 1 N–H and O–H groups in total. The van der Waals surface area contributed by atoms with Gasteiger partial charge in [-0.25, -0.2) is 0 Å². The van der Waals surface area contributed by atoms with Crippen molar-refractivity contribution in [3.05, 3.63) is 78.4 Å². The Morgan fingerprint density at radius 3 is 2.32 bits per heavy atom. The van der Waals surface area contributed by atoms with Crippen molar-refractivity contribution in [2.45, 2.75) is 0 Å². The summed E-state index contributed by atoms with van der Waals surface area (Å²) in [6.07, 6.45) is 0. The number of benzene rings is 3. The number of amides is 2. The molecule has 1 saturated heterocycles. The van der Waals surface area contributed by atoms with Gasteiger partial charge in [0.05, 0.1) is 6.54 Å². The van der Waals surface area contributed by atoms with E-state index in [4.69, 9.17) is 4.42 Å². The van der Waals surface area contributed by atoms with Gasteiger partial charge in [0.25, 0.3) is 5.91 Å². The fourth-order valence-corrected chi connectivity index (χ4v) is 4.08. The maximum absolute atomic E-state index is 12.6. The lowest BCUT2D eigenvalue weighted by Crippen LogP contribution is -2.50. The average molecular weight is 413 g/mol. The van der Waals surface area contributed by atoms with Gasteiger partial charge in [-0.1, -0.05) is 36.4 Å². The molecule has 6 heteroatoms. The number of carbonyl (C=O) groups excluding carboxylic acids is 2. The van der Waals surface area contributed by atoms with Gasteiger partial charge in [-0.3, -0.25) is 14.5 Å². The molecule has 0 unspecified atom stereocenters. The SMILES string of the molecule is O=C(CN1CCN(C(=O)c2ccccc2)CC1)Nc1ccc2oc3ccccc3c2c1. The van der Waals surface area contributed by atoms with Crippen LogP contribution in [0.4, 0.5) is 5.69 Å². The number of nitrogens with one attached hydrogen (secondary N) is 1. The number of piperazine rings is 1. The van der Waals surface area contributed by atoms with Crippen LogP contribution in [0.15, 0.2) is 77.2 Å². The minimum atomic E-state index is -0.0602. The van der Waals surface area contributed by atoms with Gasteiger partial charge >= 0.3 is 0 Å². The van der Waals surface area contributed by atoms with Crippen molar-refractivity contribution in [1.82, 2.24) is 9.80 Å². The standard InChI is InChI=1S/C25H23N3O3/c29-24(17-27-12-14-28(15-13-27)25(30)18-6-2-1-3-7-18)26-19-10-11-23-21(16-19)20-8-4-5-9-22(20)31-23/h1-11,16H,12-15,17H2,(H,26,29). The molecule has 0 atom stereocenters. The maximum atomic E-state index is 12.6. The third-order valence-electron chi connectivity index (χ3n) is 5.71. The highest BCUT2D eigenvalue weighted by Crippen LogP contribution is 2.30. The number of hydrogen-bond acceptors (Lipinski definition) is 4. The lowest BCUT2D eigenvalue weighted by Gasteiger charge is -2.34. The molecule has 2 amide bonds. The van der Waals surface area contributed by atoms with Crippen LogP contribution in [0.2, 0.25) is 0 Å². The minimum Gasteiger partial charge on any atom is -0.456 e. The molecule has 3 aromatic carbocycles. The van der Waals surface area contributed by atoms with Crippen molar-refractivity contribution >= 4 is 39.4 Å². The number of fused-ring (bicyclic) bond motifs is 3. The Balaban J connectivity index is 1.19. The third kappa shape index (κ3) is 4.02. The van der Waals surface area contributed by atoms with E-state index in [1.807, 2.05) is 77.7 Å². The second-order valence-corrected chi connectivity index (χ2v) is 7.79. The zero-order chi connectivity index (χ0) is 21.2. The summed E-state index contributed by atoms with van der Waals surface area (Å²) >= 11 is 0. The summed E-state index contributed by atoms with van der Waals surface area (Å²) in [5, 5.41) is 5.02. The number of anilines is 1. The lowest BCUT2D eigenvalue weighted by molar-refractivity contribution is -0.117. The van der Waals surface area contributed by atoms with Crippen LogP contribution in [-0.2, 0) is 4.79 Å². The molecule has 5 rings (SSSR count). The largest absolute Gasteiger partial charge is 0.456 e. The molecule has 1 aliphatic rings. The molecule has 1 fully saturated rings. The van der Waals surface area contributed by atoms with E-state index >= 15 is 0 Å². The lowest BCUT2D eigenvalue weighted by atomic mass is 10.1. The van der Waals surface area contributed by atoms with Gasteiger partial charge in [-0.05, 0) is 36.4 Å². The van der Waals surface area contributed by atoms with Crippen LogP contribution in [0.25, 0.3) is 21.9 Å². The third-order valence-corrected chi connectivity index (χ3v) is 5.71. The number of rotatable bonds is 4. The van der Waals surface area contributed by atoms with E-state index in [2.05, 4.69) is 10.2 Å². The molecule has 0 radical (unpaired) electrons. The van der Waals surface area contributed by atoms with Crippen LogP contribution < -0.4 is 5.32 Å². The topological polar surface area (TPSA) is 65.8 Å². The first-order chi connectivity index (χ1) is 15.2. The summed E-state index contributed by atoms with van der Waals surface area (Å²) in [5.41, 5.74) is 3.10. The van der Waals surface area contributed by atoms with Gasteiger partial charge in [0, 0.05) is 48.2 Å². The first-order valence-electron chi connectivity index (χ1n) is 10.5. The molecular formula is C25H23N3O3. The Bertz CT molecular complexity index is 1240. The molecule has 2 heterocycles. The molecule has 6 nitrogen and oxygen atoms in total. The molecule has 156 valence electrons. The number of nitrogens with zero attached hydrogens (tertiary/aromatic N) is 2. The Hall–Kier alpha value is -3.64. The smallest absolute Gasteiger partial charge is 0.253 e. The van der Waals surface area contributed by atoms with E-state index in [0.717, 1.165) is 27.6 Å². The van der Waals surface area contributed by atoms with Crippen molar-refractivity contribution < 1.29 is 14.0 Å². The van der Waals surface area contributed by atoms with Gasteiger partial charge in [0.1, 0.15) is 11.2 Å². The second kappa shape index (κ2) is 8.24. The Morgan fingerprint density at radius 1 is 0.806 bits per heavy atom. The average Bonchev–Trinajstić information content (AvgIpc) is 3.18. The van der Waals surface area contributed by atoms with Gasteiger partial charge in [0.15, 0.2) is 0 Å². The van der Waals surface area contributed by atoms with Crippen molar-refractivity contribution in [1.29, 1.82) is 0 Å². The summed E-state index contributed by atoms with van der Waals surface area (Å²) in [6.45, 7) is 2.90. The fourth-order valence-electron chi connectivity index (χ4n) is 4.08. The quantitative estimate of drug-likeness (QED) is 0.550. The van der Waals surface area contributed by atoms with E-state index in [-0.39, 0.29) is 11.8 Å².